The third-order valence-electron chi connectivity index (χ3n) is 4.16. The number of aromatic amines is 1. The number of hydrogen-bond donors (Lipinski definition) is 2. The van der Waals surface area contributed by atoms with Crippen molar-refractivity contribution in [1.82, 2.24) is 19.9 Å². The van der Waals surface area contributed by atoms with E-state index in [0.29, 0.717) is 29.6 Å². The fraction of sp³-hybridized carbons (Fsp3) is 0.263. The normalized spacial score (nSPS) is 10.8. The summed E-state index contributed by atoms with van der Waals surface area (Å²) in [6, 6.07) is 6.17. The van der Waals surface area contributed by atoms with Gasteiger partial charge in [-0.05, 0) is 44.4 Å². The van der Waals surface area contributed by atoms with Gasteiger partial charge in [-0.3, -0.25) is 15.1 Å². The second-order valence-electron chi connectivity index (χ2n) is 5.93. The van der Waals surface area contributed by atoms with Crippen molar-refractivity contribution >= 4 is 22.8 Å². The first-order valence-electron chi connectivity index (χ1n) is 8.26. The van der Waals surface area contributed by atoms with Crippen LogP contribution in [0.15, 0.2) is 35.6 Å². The van der Waals surface area contributed by atoms with E-state index in [-0.39, 0.29) is 5.56 Å². The third kappa shape index (κ3) is 3.42. The van der Waals surface area contributed by atoms with E-state index in [1.54, 1.807) is 13.0 Å². The summed E-state index contributed by atoms with van der Waals surface area (Å²) in [4.78, 5) is 28.3. The maximum Gasteiger partial charge on any atom is 0.256 e. The van der Waals surface area contributed by atoms with Gasteiger partial charge in [0.1, 0.15) is 0 Å². The summed E-state index contributed by atoms with van der Waals surface area (Å²) in [6.45, 7) is 9.53. The van der Waals surface area contributed by atoms with Gasteiger partial charge in [0.2, 0.25) is 11.9 Å². The molecule has 2 aromatic heterocycles. The molecule has 0 bridgehead atoms. The zero-order chi connectivity index (χ0) is 18.0. The van der Waals surface area contributed by atoms with Crippen LogP contribution in [0.5, 0.6) is 0 Å². The Morgan fingerprint density at radius 1 is 1.20 bits per heavy atom. The standard InChI is InChI=1S/C19H21N5O/c1-5-7-14-11(3)20-19(23-17(14)25)24-18-21-12(4)15-10-13(6-2)8-9-16(15)22-18/h5,8-10H,1,6-7H2,2-4H3,(H2,20,21,22,23,24,25). The number of nitrogens with one attached hydrogen (secondary N) is 2. The molecule has 6 heteroatoms. The van der Waals surface area contributed by atoms with Crippen LogP contribution >= 0.6 is 0 Å². The van der Waals surface area contributed by atoms with Crippen molar-refractivity contribution in [1.29, 1.82) is 0 Å². The Morgan fingerprint density at radius 2 is 2.00 bits per heavy atom. The lowest BCUT2D eigenvalue weighted by molar-refractivity contribution is 0.990. The molecule has 2 N–H and O–H groups in total. The average Bonchev–Trinajstić information content (AvgIpc) is 2.58. The highest BCUT2D eigenvalue weighted by atomic mass is 16.1. The summed E-state index contributed by atoms with van der Waals surface area (Å²) in [6.07, 6.45) is 3.14. The second-order valence-corrected chi connectivity index (χ2v) is 5.93. The van der Waals surface area contributed by atoms with E-state index in [1.165, 1.54) is 5.56 Å². The lowest BCUT2D eigenvalue weighted by Crippen LogP contribution is -2.18. The predicted molar refractivity (Wildman–Crippen MR) is 100 cm³/mol. The Labute approximate surface area is 146 Å². The number of anilines is 2. The molecule has 0 spiro atoms. The molecule has 0 saturated carbocycles. The molecule has 0 amide bonds. The molecule has 0 fully saturated rings. The summed E-state index contributed by atoms with van der Waals surface area (Å²) >= 11 is 0. The molecular formula is C19H21N5O. The zero-order valence-electron chi connectivity index (χ0n) is 14.7. The first-order chi connectivity index (χ1) is 12.0. The monoisotopic (exact) mass is 335 g/mol. The molecule has 0 aliphatic heterocycles. The number of rotatable bonds is 5. The van der Waals surface area contributed by atoms with E-state index in [9.17, 15) is 4.79 Å². The highest BCUT2D eigenvalue weighted by Crippen LogP contribution is 2.20. The number of aromatic nitrogens is 4. The summed E-state index contributed by atoms with van der Waals surface area (Å²) in [5, 5.41) is 4.03. The number of benzene rings is 1. The molecule has 25 heavy (non-hydrogen) atoms. The van der Waals surface area contributed by atoms with Gasteiger partial charge in [-0.2, -0.15) is 0 Å². The van der Waals surface area contributed by atoms with Gasteiger partial charge >= 0.3 is 0 Å². The highest BCUT2D eigenvalue weighted by Gasteiger charge is 2.10. The van der Waals surface area contributed by atoms with Crippen LogP contribution in [0.4, 0.5) is 11.9 Å². The van der Waals surface area contributed by atoms with Crippen LogP contribution in [0.25, 0.3) is 10.9 Å². The van der Waals surface area contributed by atoms with Gasteiger partial charge in [0.25, 0.3) is 5.56 Å². The molecular weight excluding hydrogens is 314 g/mol. The number of aryl methyl sites for hydroxylation is 3. The topological polar surface area (TPSA) is 83.6 Å². The molecule has 128 valence electrons. The van der Waals surface area contributed by atoms with Crippen molar-refractivity contribution < 1.29 is 0 Å². The van der Waals surface area contributed by atoms with Crippen LogP contribution in [0.2, 0.25) is 0 Å². The van der Waals surface area contributed by atoms with E-state index in [2.05, 4.69) is 50.9 Å². The molecule has 0 aliphatic rings. The molecule has 0 aliphatic carbocycles. The van der Waals surface area contributed by atoms with Crippen molar-refractivity contribution in [2.45, 2.75) is 33.6 Å². The van der Waals surface area contributed by atoms with E-state index in [4.69, 9.17) is 0 Å². The zero-order valence-corrected chi connectivity index (χ0v) is 14.7. The molecule has 6 nitrogen and oxygen atoms in total. The minimum atomic E-state index is -0.181. The van der Waals surface area contributed by atoms with E-state index >= 15 is 0 Å². The SMILES string of the molecule is C=CCc1c(C)nc(Nc2nc(C)c3cc(CC)ccc3n2)[nH]c1=O. The number of allylic oxidation sites excluding steroid dienone is 1. The minimum Gasteiger partial charge on any atom is -0.294 e. The maximum absolute atomic E-state index is 12.2. The quantitative estimate of drug-likeness (QED) is 0.699. The largest absolute Gasteiger partial charge is 0.294 e. The van der Waals surface area contributed by atoms with Gasteiger partial charge in [0.05, 0.1) is 16.9 Å². The summed E-state index contributed by atoms with van der Waals surface area (Å²) in [5.74, 6) is 0.743. The fourth-order valence-corrected chi connectivity index (χ4v) is 2.76. The Morgan fingerprint density at radius 3 is 2.68 bits per heavy atom. The summed E-state index contributed by atoms with van der Waals surface area (Å²) in [7, 11) is 0. The molecule has 0 saturated heterocycles. The van der Waals surface area contributed by atoms with Crippen LogP contribution in [0, 0.1) is 13.8 Å². The molecule has 3 aromatic rings. The van der Waals surface area contributed by atoms with Crippen molar-refractivity contribution in [3.8, 4) is 0 Å². The van der Waals surface area contributed by atoms with Gasteiger partial charge in [0.15, 0.2) is 0 Å². The van der Waals surface area contributed by atoms with Crippen molar-refractivity contribution in [2.75, 3.05) is 5.32 Å². The van der Waals surface area contributed by atoms with E-state index < -0.39 is 0 Å². The maximum atomic E-state index is 12.2. The first-order valence-corrected chi connectivity index (χ1v) is 8.26. The number of nitrogens with zero attached hydrogens (tertiary/aromatic N) is 3. The Kier molecular flexibility index (Phi) is 4.61. The summed E-state index contributed by atoms with van der Waals surface area (Å²) < 4.78 is 0. The minimum absolute atomic E-state index is 0.181. The Hall–Kier alpha value is -3.02. The van der Waals surface area contributed by atoms with Crippen molar-refractivity contribution in [3.05, 3.63) is 63.7 Å². The highest BCUT2D eigenvalue weighted by molar-refractivity contribution is 5.82. The second kappa shape index (κ2) is 6.84. The van der Waals surface area contributed by atoms with Crippen molar-refractivity contribution in [3.63, 3.8) is 0 Å². The smallest absolute Gasteiger partial charge is 0.256 e. The van der Waals surface area contributed by atoms with Gasteiger partial charge in [-0.15, -0.1) is 6.58 Å². The Balaban J connectivity index is 1.98. The third-order valence-corrected chi connectivity index (χ3v) is 4.16. The number of hydrogen-bond acceptors (Lipinski definition) is 5. The lowest BCUT2D eigenvalue weighted by atomic mass is 10.1. The summed E-state index contributed by atoms with van der Waals surface area (Å²) in [5.41, 5.74) is 4.08. The van der Waals surface area contributed by atoms with E-state index in [0.717, 1.165) is 23.0 Å². The van der Waals surface area contributed by atoms with Gasteiger partial charge in [0, 0.05) is 10.9 Å². The molecule has 0 radical (unpaired) electrons. The molecule has 2 heterocycles. The number of H-pyrrole nitrogens is 1. The predicted octanol–water partition coefficient (Wildman–Crippen LogP) is 3.36. The fourth-order valence-electron chi connectivity index (χ4n) is 2.76. The van der Waals surface area contributed by atoms with Gasteiger partial charge in [-0.1, -0.05) is 19.1 Å². The average molecular weight is 335 g/mol. The van der Waals surface area contributed by atoms with Crippen molar-refractivity contribution in [2.24, 2.45) is 0 Å². The molecule has 0 atom stereocenters. The van der Waals surface area contributed by atoms with Crippen LogP contribution < -0.4 is 10.9 Å². The van der Waals surface area contributed by atoms with E-state index in [1.807, 2.05) is 13.0 Å². The Bertz CT molecular complexity index is 1010. The van der Waals surface area contributed by atoms with Crippen LogP contribution in [0.1, 0.15) is 29.4 Å². The van der Waals surface area contributed by atoms with Gasteiger partial charge < -0.3 is 0 Å². The lowest BCUT2D eigenvalue weighted by Gasteiger charge is -2.10. The van der Waals surface area contributed by atoms with Crippen LogP contribution in [-0.2, 0) is 12.8 Å². The molecule has 1 aromatic carbocycles. The first kappa shape index (κ1) is 16.8. The molecule has 0 unspecified atom stereocenters. The van der Waals surface area contributed by atoms with Crippen LogP contribution in [-0.4, -0.2) is 19.9 Å². The number of fused-ring (bicyclic) bond motifs is 1. The van der Waals surface area contributed by atoms with Gasteiger partial charge in [-0.25, -0.2) is 15.0 Å². The molecule has 3 rings (SSSR count). The van der Waals surface area contributed by atoms with Crippen LogP contribution in [0.3, 0.4) is 0 Å².